The normalized spacial score (nSPS) is 10.8. The number of halogens is 2. The molecule has 3 aromatic carbocycles. The minimum Gasteiger partial charge on any atom is -0.497 e. The van der Waals surface area contributed by atoms with Crippen molar-refractivity contribution in [3.63, 3.8) is 0 Å². The lowest BCUT2D eigenvalue weighted by Gasteiger charge is -2.23. The zero-order chi connectivity index (χ0) is 25.7. The highest BCUT2D eigenvalue weighted by molar-refractivity contribution is 6.30. The van der Waals surface area contributed by atoms with Crippen LogP contribution in [0.25, 0.3) is 5.69 Å². The highest BCUT2D eigenvalue weighted by atomic mass is 35.5. The summed E-state index contributed by atoms with van der Waals surface area (Å²) in [4.78, 5) is 14.6. The highest BCUT2D eigenvalue weighted by Crippen LogP contribution is 2.33. The minimum absolute atomic E-state index is 0.0374. The maximum absolute atomic E-state index is 13.4. The van der Waals surface area contributed by atoms with E-state index in [1.165, 1.54) is 12.1 Å². The second-order valence-electron chi connectivity index (χ2n) is 8.27. The van der Waals surface area contributed by atoms with E-state index < -0.39 is 0 Å². The number of carbonyl (C=O) groups excluding carboxylic acids is 1. The van der Waals surface area contributed by atoms with Crippen LogP contribution >= 0.6 is 11.6 Å². The Labute approximate surface area is 214 Å². The summed E-state index contributed by atoms with van der Waals surface area (Å²) >= 11 is 6.26. The molecule has 0 saturated heterocycles. The summed E-state index contributed by atoms with van der Waals surface area (Å²) in [6.07, 6.45) is 0.331. The fraction of sp³-hybridized carbons (Fsp3) is 0.214. The van der Waals surface area contributed by atoms with Gasteiger partial charge in [0.05, 0.1) is 30.6 Å². The third-order valence-corrected chi connectivity index (χ3v) is 5.99. The Morgan fingerprint density at radius 2 is 1.72 bits per heavy atom. The average Bonchev–Trinajstić information content (AvgIpc) is 3.19. The number of ether oxygens (including phenoxy) is 2. The van der Waals surface area contributed by atoms with Gasteiger partial charge in [0.25, 0.3) is 0 Å². The van der Waals surface area contributed by atoms with E-state index >= 15 is 0 Å². The van der Waals surface area contributed by atoms with Crippen molar-refractivity contribution >= 4 is 17.5 Å². The number of benzene rings is 3. The highest BCUT2D eigenvalue weighted by Gasteiger charge is 2.23. The summed E-state index contributed by atoms with van der Waals surface area (Å²) in [6.45, 7) is 4.29. The van der Waals surface area contributed by atoms with Gasteiger partial charge in [-0.2, -0.15) is 5.10 Å². The topological polar surface area (TPSA) is 56.6 Å². The molecule has 0 bridgehead atoms. The van der Waals surface area contributed by atoms with E-state index in [4.69, 9.17) is 26.2 Å². The molecule has 1 aromatic heterocycles. The van der Waals surface area contributed by atoms with Crippen LogP contribution in [0.3, 0.4) is 0 Å². The van der Waals surface area contributed by atoms with Crippen molar-refractivity contribution in [2.45, 2.75) is 33.4 Å². The molecule has 0 fully saturated rings. The number of rotatable bonds is 9. The molecule has 6 nitrogen and oxygen atoms in total. The van der Waals surface area contributed by atoms with Crippen LogP contribution in [0, 0.1) is 12.7 Å². The van der Waals surface area contributed by atoms with E-state index in [-0.39, 0.29) is 18.3 Å². The lowest BCUT2D eigenvalue weighted by atomic mass is 10.1. The smallest absolute Gasteiger partial charge is 0.227 e. The zero-order valence-electron chi connectivity index (χ0n) is 20.4. The molecule has 186 valence electrons. The Morgan fingerprint density at radius 1 is 1.03 bits per heavy atom. The number of hydrogen-bond donors (Lipinski definition) is 0. The van der Waals surface area contributed by atoms with E-state index in [0.29, 0.717) is 41.1 Å². The van der Waals surface area contributed by atoms with Crippen LogP contribution < -0.4 is 9.47 Å². The first kappa shape index (κ1) is 25.3. The number of hydrogen-bond acceptors (Lipinski definition) is 4. The van der Waals surface area contributed by atoms with Crippen LogP contribution in [0.4, 0.5) is 4.39 Å². The van der Waals surface area contributed by atoms with E-state index in [1.54, 1.807) is 53.1 Å². The second-order valence-corrected chi connectivity index (χ2v) is 8.70. The summed E-state index contributed by atoms with van der Waals surface area (Å²) < 4.78 is 26.7. The zero-order valence-corrected chi connectivity index (χ0v) is 21.1. The van der Waals surface area contributed by atoms with Gasteiger partial charge >= 0.3 is 0 Å². The quantitative estimate of drug-likeness (QED) is 0.252. The average molecular weight is 508 g/mol. The Kier molecular flexibility index (Phi) is 7.90. The predicted octanol–water partition coefficient (Wildman–Crippen LogP) is 6.71. The summed E-state index contributed by atoms with van der Waals surface area (Å²) in [5.74, 6) is 1.42. The number of aromatic nitrogens is 2. The van der Waals surface area contributed by atoms with Crippen molar-refractivity contribution in [1.82, 2.24) is 14.7 Å². The number of carbonyl (C=O) groups is 1. The molecule has 0 saturated carbocycles. The molecule has 0 aliphatic heterocycles. The van der Waals surface area contributed by atoms with E-state index in [0.717, 1.165) is 16.8 Å². The van der Waals surface area contributed by atoms with Crippen LogP contribution in [0.5, 0.6) is 17.4 Å². The van der Waals surface area contributed by atoms with Crippen molar-refractivity contribution < 1.29 is 18.7 Å². The summed E-state index contributed by atoms with van der Waals surface area (Å²) in [5.41, 5.74) is 3.03. The van der Waals surface area contributed by atoms with Gasteiger partial charge in [0, 0.05) is 18.0 Å². The lowest BCUT2D eigenvalue weighted by molar-refractivity contribution is -0.132. The monoisotopic (exact) mass is 507 g/mol. The SMILES string of the molecule is CCC(=O)N(Cc1ccc(F)cc1)Cc1c(C)nn(-c2cccc(Cl)c2)c1Oc1ccc(OC)cc1. The van der Waals surface area contributed by atoms with Crippen LogP contribution in [0.15, 0.2) is 72.8 Å². The Balaban J connectivity index is 1.75. The van der Waals surface area contributed by atoms with E-state index in [1.807, 2.05) is 38.1 Å². The van der Waals surface area contributed by atoms with E-state index in [2.05, 4.69) is 0 Å². The largest absolute Gasteiger partial charge is 0.497 e. The molecule has 0 aliphatic rings. The van der Waals surface area contributed by atoms with Gasteiger partial charge in [-0.3, -0.25) is 4.79 Å². The molecule has 0 spiro atoms. The first-order valence-electron chi connectivity index (χ1n) is 11.6. The molecule has 0 atom stereocenters. The molecule has 4 aromatic rings. The van der Waals surface area contributed by atoms with Crippen molar-refractivity contribution in [3.8, 4) is 23.1 Å². The standard InChI is InChI=1S/C28H27ClFN3O3/c1-4-27(34)32(17-20-8-10-22(30)11-9-20)18-26-19(2)31-33(23-7-5-6-21(29)16-23)28(26)36-25-14-12-24(35-3)13-15-25/h5-16H,4,17-18H2,1-3H3. The fourth-order valence-electron chi connectivity index (χ4n) is 3.82. The maximum Gasteiger partial charge on any atom is 0.227 e. The van der Waals surface area contributed by atoms with Gasteiger partial charge in [0.2, 0.25) is 11.8 Å². The van der Waals surface area contributed by atoms with Crippen molar-refractivity contribution in [3.05, 3.63) is 100 Å². The van der Waals surface area contributed by atoms with E-state index in [9.17, 15) is 9.18 Å². The third kappa shape index (κ3) is 5.86. The summed E-state index contributed by atoms with van der Waals surface area (Å²) in [7, 11) is 1.60. The molecule has 0 N–H and O–H groups in total. The summed E-state index contributed by atoms with van der Waals surface area (Å²) in [6, 6.07) is 20.7. The molecule has 1 amide bonds. The Hall–Kier alpha value is -3.84. The van der Waals surface area contributed by atoms with Crippen LogP contribution in [-0.2, 0) is 17.9 Å². The Bertz CT molecular complexity index is 1340. The number of nitrogens with zero attached hydrogens (tertiary/aromatic N) is 3. The van der Waals surface area contributed by atoms with Gasteiger partial charge in [0.1, 0.15) is 17.3 Å². The van der Waals surface area contributed by atoms with Crippen molar-refractivity contribution in [2.24, 2.45) is 0 Å². The van der Waals surface area contributed by atoms with Crippen LogP contribution in [0.2, 0.25) is 5.02 Å². The molecule has 0 unspecified atom stereocenters. The van der Waals surface area contributed by atoms with Gasteiger partial charge in [0.15, 0.2) is 0 Å². The first-order chi connectivity index (χ1) is 17.4. The van der Waals surface area contributed by atoms with Crippen molar-refractivity contribution in [2.75, 3.05) is 7.11 Å². The number of methoxy groups -OCH3 is 1. The predicted molar refractivity (Wildman–Crippen MR) is 137 cm³/mol. The molecule has 8 heteroatoms. The molecule has 0 aliphatic carbocycles. The minimum atomic E-state index is -0.319. The fourth-order valence-corrected chi connectivity index (χ4v) is 4.00. The maximum atomic E-state index is 13.4. The van der Waals surface area contributed by atoms with Crippen molar-refractivity contribution in [1.29, 1.82) is 0 Å². The molecule has 1 heterocycles. The molecule has 36 heavy (non-hydrogen) atoms. The molecular weight excluding hydrogens is 481 g/mol. The molecule has 0 radical (unpaired) electrons. The summed E-state index contributed by atoms with van der Waals surface area (Å²) in [5, 5.41) is 5.30. The van der Waals surface area contributed by atoms with Crippen LogP contribution in [-0.4, -0.2) is 27.7 Å². The van der Waals surface area contributed by atoms with Crippen LogP contribution in [0.1, 0.15) is 30.2 Å². The molecule has 4 rings (SSSR count). The van der Waals surface area contributed by atoms with Gasteiger partial charge in [-0.15, -0.1) is 0 Å². The number of amides is 1. The van der Waals surface area contributed by atoms with Gasteiger partial charge in [-0.25, -0.2) is 9.07 Å². The first-order valence-corrected chi connectivity index (χ1v) is 11.9. The Morgan fingerprint density at radius 3 is 2.36 bits per heavy atom. The molecular formula is C28H27ClFN3O3. The second kappa shape index (κ2) is 11.3. The third-order valence-electron chi connectivity index (χ3n) is 5.75. The lowest BCUT2D eigenvalue weighted by Crippen LogP contribution is -2.29. The van der Waals surface area contributed by atoms with Gasteiger partial charge < -0.3 is 14.4 Å². The van der Waals surface area contributed by atoms with Gasteiger partial charge in [-0.1, -0.05) is 36.7 Å². The van der Waals surface area contributed by atoms with Gasteiger partial charge in [-0.05, 0) is 67.1 Å². The number of aryl methyl sites for hydroxylation is 1.